The Morgan fingerprint density at radius 2 is 1.97 bits per heavy atom. The second kappa shape index (κ2) is 7.56. The molecule has 0 spiro atoms. The van der Waals surface area contributed by atoms with E-state index in [1.54, 1.807) is 19.1 Å². The number of aromatic nitrogens is 1. The summed E-state index contributed by atoms with van der Waals surface area (Å²) in [5.74, 6) is 0.471. The number of carbonyl (C=O) groups excluding carboxylic acids is 1. The molecular formula is C21H18N2O5S. The number of hydrogen-bond donors (Lipinski definition) is 1. The minimum atomic E-state index is -0.582. The van der Waals surface area contributed by atoms with E-state index in [1.165, 1.54) is 25.6 Å². The van der Waals surface area contributed by atoms with Crippen LogP contribution in [0.15, 0.2) is 45.6 Å². The molecule has 2 aromatic carbocycles. The predicted molar refractivity (Wildman–Crippen MR) is 112 cm³/mol. The van der Waals surface area contributed by atoms with Crippen molar-refractivity contribution >= 4 is 43.6 Å². The Morgan fingerprint density at radius 1 is 1.17 bits per heavy atom. The molecule has 0 fully saturated rings. The lowest BCUT2D eigenvalue weighted by molar-refractivity contribution is -0.115. The van der Waals surface area contributed by atoms with Gasteiger partial charge in [-0.1, -0.05) is 23.5 Å². The third-order valence-electron chi connectivity index (χ3n) is 4.68. The van der Waals surface area contributed by atoms with Crippen molar-refractivity contribution in [2.24, 2.45) is 0 Å². The van der Waals surface area contributed by atoms with E-state index < -0.39 is 5.63 Å². The van der Waals surface area contributed by atoms with Gasteiger partial charge in [-0.25, -0.2) is 9.78 Å². The van der Waals surface area contributed by atoms with Crippen LogP contribution in [0.5, 0.6) is 11.5 Å². The summed E-state index contributed by atoms with van der Waals surface area (Å²) in [7, 11) is 2.99. The minimum absolute atomic E-state index is 0.117. The summed E-state index contributed by atoms with van der Waals surface area (Å²) in [4.78, 5) is 29.5. The summed E-state index contributed by atoms with van der Waals surface area (Å²) in [5.41, 5.74) is 1.49. The molecule has 7 nitrogen and oxygen atoms in total. The normalized spacial score (nSPS) is 11.0. The van der Waals surface area contributed by atoms with E-state index in [0.717, 1.165) is 10.2 Å². The second-order valence-corrected chi connectivity index (χ2v) is 7.41. The van der Waals surface area contributed by atoms with Gasteiger partial charge in [0.1, 0.15) is 0 Å². The third-order valence-corrected chi connectivity index (χ3v) is 5.63. The monoisotopic (exact) mass is 410 g/mol. The lowest BCUT2D eigenvalue weighted by atomic mass is 10.0. The first-order valence-electron chi connectivity index (χ1n) is 8.84. The molecule has 4 aromatic rings. The molecule has 148 valence electrons. The maximum atomic E-state index is 12.6. The van der Waals surface area contributed by atoms with Crippen LogP contribution >= 0.6 is 11.3 Å². The largest absolute Gasteiger partial charge is 0.493 e. The average Bonchev–Trinajstić information content (AvgIpc) is 3.12. The van der Waals surface area contributed by atoms with Crippen LogP contribution in [0.4, 0.5) is 5.13 Å². The fraction of sp³-hybridized carbons (Fsp3) is 0.190. The van der Waals surface area contributed by atoms with Gasteiger partial charge in [-0.2, -0.15) is 0 Å². The summed E-state index contributed by atoms with van der Waals surface area (Å²) < 4.78 is 17.1. The van der Waals surface area contributed by atoms with Crippen molar-refractivity contribution in [1.29, 1.82) is 0 Å². The number of nitrogens with zero attached hydrogens (tertiary/aromatic N) is 1. The molecule has 0 aliphatic heterocycles. The number of aryl methyl sites for hydroxylation is 1. The van der Waals surface area contributed by atoms with E-state index in [2.05, 4.69) is 10.3 Å². The van der Waals surface area contributed by atoms with Gasteiger partial charge >= 0.3 is 5.63 Å². The first-order valence-corrected chi connectivity index (χ1v) is 9.66. The highest BCUT2D eigenvalue weighted by Crippen LogP contribution is 2.36. The zero-order valence-electron chi connectivity index (χ0n) is 16.1. The number of benzene rings is 2. The van der Waals surface area contributed by atoms with Crippen LogP contribution < -0.4 is 20.4 Å². The van der Waals surface area contributed by atoms with E-state index in [-0.39, 0.29) is 12.3 Å². The highest BCUT2D eigenvalue weighted by atomic mass is 32.1. The molecular weight excluding hydrogens is 392 g/mol. The number of rotatable bonds is 5. The highest BCUT2D eigenvalue weighted by molar-refractivity contribution is 7.22. The van der Waals surface area contributed by atoms with Gasteiger partial charge < -0.3 is 19.2 Å². The highest BCUT2D eigenvalue weighted by Gasteiger charge is 2.20. The van der Waals surface area contributed by atoms with Crippen LogP contribution in [0.25, 0.3) is 21.2 Å². The molecule has 0 saturated heterocycles. The van der Waals surface area contributed by atoms with Crippen molar-refractivity contribution in [1.82, 2.24) is 4.98 Å². The molecule has 0 atom stereocenters. The van der Waals surface area contributed by atoms with Crippen LogP contribution in [-0.2, 0) is 11.2 Å². The molecule has 2 aromatic heterocycles. The molecule has 0 bridgehead atoms. The number of carbonyl (C=O) groups is 1. The van der Waals surface area contributed by atoms with Crippen molar-refractivity contribution in [2.45, 2.75) is 13.3 Å². The Hall–Kier alpha value is -3.39. The van der Waals surface area contributed by atoms with Gasteiger partial charge in [0.15, 0.2) is 16.5 Å². The van der Waals surface area contributed by atoms with Crippen molar-refractivity contribution in [3.05, 3.63) is 57.9 Å². The molecule has 0 saturated carbocycles. The Labute approximate surface area is 169 Å². The lowest BCUT2D eigenvalue weighted by Gasteiger charge is -2.12. The number of amides is 1. The van der Waals surface area contributed by atoms with Crippen molar-refractivity contribution in [3.8, 4) is 11.5 Å². The van der Waals surface area contributed by atoms with Crippen LogP contribution in [0, 0.1) is 6.92 Å². The summed E-state index contributed by atoms with van der Waals surface area (Å²) in [6.45, 7) is 1.78. The van der Waals surface area contributed by atoms with Crippen LogP contribution in [-0.4, -0.2) is 25.1 Å². The van der Waals surface area contributed by atoms with Gasteiger partial charge in [-0.05, 0) is 36.8 Å². The number of ether oxygens (including phenoxy) is 2. The average molecular weight is 410 g/mol. The molecule has 2 heterocycles. The Kier molecular flexibility index (Phi) is 4.94. The van der Waals surface area contributed by atoms with Gasteiger partial charge in [0.25, 0.3) is 0 Å². The summed E-state index contributed by atoms with van der Waals surface area (Å²) >= 11 is 1.38. The van der Waals surface area contributed by atoms with Gasteiger partial charge in [0.05, 0.1) is 36.4 Å². The van der Waals surface area contributed by atoms with Crippen molar-refractivity contribution < 1.29 is 18.7 Å². The molecule has 0 radical (unpaired) electrons. The maximum Gasteiger partial charge on any atom is 0.340 e. The molecule has 0 aliphatic carbocycles. The standard InChI is InChI=1S/C21H18N2O5S/c1-11-12-8-9-15(26-2)19(27-3)18(12)28-20(25)13(11)10-17(24)23-21-22-14-6-4-5-7-16(14)29-21/h4-9H,10H2,1-3H3,(H,22,23,24). The Bertz CT molecular complexity index is 1260. The number of thiazole rings is 1. The molecule has 29 heavy (non-hydrogen) atoms. The minimum Gasteiger partial charge on any atom is -0.493 e. The molecule has 0 aliphatic rings. The maximum absolute atomic E-state index is 12.6. The number of hydrogen-bond acceptors (Lipinski definition) is 7. The number of para-hydroxylation sites is 1. The fourth-order valence-electron chi connectivity index (χ4n) is 3.22. The van der Waals surface area contributed by atoms with E-state index in [4.69, 9.17) is 13.9 Å². The molecule has 1 amide bonds. The fourth-order valence-corrected chi connectivity index (χ4v) is 4.10. The first-order chi connectivity index (χ1) is 14.0. The molecule has 8 heteroatoms. The number of fused-ring (bicyclic) bond motifs is 2. The smallest absolute Gasteiger partial charge is 0.340 e. The van der Waals surface area contributed by atoms with Crippen LogP contribution in [0.3, 0.4) is 0 Å². The second-order valence-electron chi connectivity index (χ2n) is 6.38. The first kappa shape index (κ1) is 18.9. The van der Waals surface area contributed by atoms with Crippen molar-refractivity contribution in [3.63, 3.8) is 0 Å². The lowest BCUT2D eigenvalue weighted by Crippen LogP contribution is -2.20. The van der Waals surface area contributed by atoms with Gasteiger partial charge in [-0.3, -0.25) is 4.79 Å². The Balaban J connectivity index is 1.66. The quantitative estimate of drug-likeness (QED) is 0.502. The summed E-state index contributed by atoms with van der Waals surface area (Å²) in [5, 5.41) is 3.94. The predicted octanol–water partition coefficient (Wildman–Crippen LogP) is 3.91. The zero-order chi connectivity index (χ0) is 20.5. The Morgan fingerprint density at radius 3 is 2.69 bits per heavy atom. The van der Waals surface area contributed by atoms with E-state index in [9.17, 15) is 9.59 Å². The molecule has 1 N–H and O–H groups in total. The SMILES string of the molecule is COc1ccc2c(C)c(CC(=O)Nc3nc4ccccc4s3)c(=O)oc2c1OC. The topological polar surface area (TPSA) is 90.7 Å². The number of methoxy groups -OCH3 is 2. The zero-order valence-corrected chi connectivity index (χ0v) is 16.9. The van der Waals surface area contributed by atoms with Gasteiger partial charge in [0, 0.05) is 5.39 Å². The van der Waals surface area contributed by atoms with Crippen LogP contribution in [0.2, 0.25) is 0 Å². The van der Waals surface area contributed by atoms with Gasteiger partial charge in [-0.15, -0.1) is 0 Å². The van der Waals surface area contributed by atoms with E-state index >= 15 is 0 Å². The molecule has 0 unspecified atom stereocenters. The van der Waals surface area contributed by atoms with Crippen LogP contribution in [0.1, 0.15) is 11.1 Å². The van der Waals surface area contributed by atoms with Gasteiger partial charge in [0.2, 0.25) is 11.7 Å². The number of nitrogens with one attached hydrogen (secondary N) is 1. The van der Waals surface area contributed by atoms with E-state index in [0.29, 0.717) is 38.7 Å². The summed E-state index contributed by atoms with van der Waals surface area (Å²) in [6.07, 6.45) is -0.117. The summed E-state index contributed by atoms with van der Waals surface area (Å²) in [6, 6.07) is 11.1. The van der Waals surface area contributed by atoms with Crippen molar-refractivity contribution in [2.75, 3.05) is 19.5 Å². The third kappa shape index (κ3) is 3.42. The number of anilines is 1. The molecule has 4 rings (SSSR count). The van der Waals surface area contributed by atoms with E-state index in [1.807, 2.05) is 24.3 Å².